The normalized spacial score (nSPS) is 14.2. The van der Waals surface area contributed by atoms with Crippen molar-refractivity contribution in [3.8, 4) is 0 Å². The van der Waals surface area contributed by atoms with Crippen molar-refractivity contribution >= 4 is 5.96 Å². The number of nitrogens with one attached hydrogen (secondary N) is 2. The standard InChI is InChI=1S/C18H41N5/c1-9-22(10-2)17(7)14-21-18(19-8)20-12-11-13-23(15(3)4)16(5)6/h15-17H,9-14H2,1-8H3,(H2,19,20,21). The van der Waals surface area contributed by atoms with Crippen LogP contribution in [0.2, 0.25) is 0 Å². The lowest BCUT2D eigenvalue weighted by atomic mass is 10.2. The third kappa shape index (κ3) is 9.16. The third-order valence-electron chi connectivity index (χ3n) is 4.44. The first-order valence-corrected chi connectivity index (χ1v) is 9.31. The fourth-order valence-corrected chi connectivity index (χ4v) is 3.02. The van der Waals surface area contributed by atoms with Gasteiger partial charge < -0.3 is 10.6 Å². The lowest BCUT2D eigenvalue weighted by molar-refractivity contribution is 0.173. The van der Waals surface area contributed by atoms with Gasteiger partial charge in [-0.1, -0.05) is 13.8 Å². The highest BCUT2D eigenvalue weighted by molar-refractivity contribution is 5.79. The molecule has 0 saturated heterocycles. The molecule has 0 rings (SSSR count). The first-order chi connectivity index (χ1) is 10.9. The smallest absolute Gasteiger partial charge is 0.191 e. The summed E-state index contributed by atoms with van der Waals surface area (Å²) in [5.41, 5.74) is 0. The minimum Gasteiger partial charge on any atom is -0.356 e. The summed E-state index contributed by atoms with van der Waals surface area (Å²) < 4.78 is 0. The van der Waals surface area contributed by atoms with E-state index in [1.54, 1.807) is 0 Å². The molecule has 0 aliphatic rings. The molecule has 0 fully saturated rings. The summed E-state index contributed by atoms with van der Waals surface area (Å²) in [5.74, 6) is 0.907. The van der Waals surface area contributed by atoms with Crippen LogP contribution in [0.4, 0.5) is 0 Å². The average molecular weight is 328 g/mol. The van der Waals surface area contributed by atoms with Crippen molar-refractivity contribution in [2.45, 2.75) is 73.0 Å². The largest absolute Gasteiger partial charge is 0.356 e. The van der Waals surface area contributed by atoms with Crippen LogP contribution in [0.5, 0.6) is 0 Å². The molecule has 1 atom stereocenters. The summed E-state index contributed by atoms with van der Waals surface area (Å²) in [4.78, 5) is 9.30. The van der Waals surface area contributed by atoms with Crippen LogP contribution in [-0.2, 0) is 0 Å². The fraction of sp³-hybridized carbons (Fsp3) is 0.944. The highest BCUT2D eigenvalue weighted by Gasteiger charge is 2.13. The maximum Gasteiger partial charge on any atom is 0.191 e. The van der Waals surface area contributed by atoms with Crippen molar-refractivity contribution < 1.29 is 0 Å². The summed E-state index contributed by atoms with van der Waals surface area (Å²) in [6.07, 6.45) is 1.13. The van der Waals surface area contributed by atoms with Crippen molar-refractivity contribution in [2.75, 3.05) is 39.8 Å². The van der Waals surface area contributed by atoms with Crippen LogP contribution in [0.25, 0.3) is 0 Å². The highest BCUT2D eigenvalue weighted by Crippen LogP contribution is 2.05. The molecule has 5 heteroatoms. The Morgan fingerprint density at radius 2 is 1.52 bits per heavy atom. The molecule has 0 spiro atoms. The Labute approximate surface area is 144 Å². The van der Waals surface area contributed by atoms with E-state index in [0.29, 0.717) is 18.1 Å². The van der Waals surface area contributed by atoms with Gasteiger partial charge in [-0.05, 0) is 54.1 Å². The van der Waals surface area contributed by atoms with E-state index in [1.807, 2.05) is 7.05 Å². The Bertz CT molecular complexity index is 303. The molecular weight excluding hydrogens is 286 g/mol. The predicted molar refractivity (Wildman–Crippen MR) is 103 cm³/mol. The van der Waals surface area contributed by atoms with Gasteiger partial charge in [0.25, 0.3) is 0 Å². The molecule has 0 aromatic carbocycles. The van der Waals surface area contributed by atoms with Crippen LogP contribution in [0, 0.1) is 0 Å². The Morgan fingerprint density at radius 1 is 0.957 bits per heavy atom. The van der Waals surface area contributed by atoms with E-state index in [4.69, 9.17) is 0 Å². The number of rotatable bonds is 11. The summed E-state index contributed by atoms with van der Waals surface area (Å²) in [6.45, 7) is 20.9. The third-order valence-corrected chi connectivity index (χ3v) is 4.44. The van der Waals surface area contributed by atoms with Gasteiger partial charge in [0.2, 0.25) is 0 Å². The van der Waals surface area contributed by atoms with Gasteiger partial charge in [0.05, 0.1) is 0 Å². The van der Waals surface area contributed by atoms with Crippen molar-refractivity contribution in [1.82, 2.24) is 20.4 Å². The molecule has 0 aliphatic carbocycles. The van der Waals surface area contributed by atoms with Crippen LogP contribution < -0.4 is 10.6 Å². The molecule has 0 saturated carbocycles. The van der Waals surface area contributed by atoms with E-state index in [9.17, 15) is 0 Å². The second kappa shape index (κ2) is 12.6. The van der Waals surface area contributed by atoms with Crippen LogP contribution in [0.15, 0.2) is 4.99 Å². The number of hydrogen-bond donors (Lipinski definition) is 2. The zero-order valence-electron chi connectivity index (χ0n) is 16.8. The molecule has 0 aliphatic heterocycles. The summed E-state index contributed by atoms with van der Waals surface area (Å²) in [6, 6.07) is 1.71. The maximum atomic E-state index is 4.32. The van der Waals surface area contributed by atoms with Crippen LogP contribution in [0.1, 0.15) is 54.9 Å². The topological polar surface area (TPSA) is 42.9 Å². The van der Waals surface area contributed by atoms with E-state index in [2.05, 4.69) is 73.9 Å². The summed E-state index contributed by atoms with van der Waals surface area (Å²) >= 11 is 0. The molecule has 0 bridgehead atoms. The number of nitrogens with zero attached hydrogens (tertiary/aromatic N) is 3. The fourth-order valence-electron chi connectivity index (χ4n) is 3.02. The van der Waals surface area contributed by atoms with Gasteiger partial charge in [-0.2, -0.15) is 0 Å². The first kappa shape index (κ1) is 22.2. The monoisotopic (exact) mass is 327 g/mol. The molecule has 0 radical (unpaired) electrons. The van der Waals surface area contributed by atoms with Gasteiger partial charge in [0, 0.05) is 44.8 Å². The van der Waals surface area contributed by atoms with Gasteiger partial charge in [0.1, 0.15) is 0 Å². The zero-order valence-corrected chi connectivity index (χ0v) is 16.8. The SMILES string of the molecule is CCN(CC)C(C)CNC(=NC)NCCCN(C(C)C)C(C)C. The molecule has 0 amide bonds. The first-order valence-electron chi connectivity index (χ1n) is 9.31. The second-order valence-corrected chi connectivity index (χ2v) is 6.73. The van der Waals surface area contributed by atoms with Crippen molar-refractivity contribution in [3.63, 3.8) is 0 Å². The minimum absolute atomic E-state index is 0.515. The molecule has 0 aromatic heterocycles. The predicted octanol–water partition coefficient (Wildman–Crippen LogP) is 2.39. The van der Waals surface area contributed by atoms with Gasteiger partial charge in [-0.3, -0.25) is 14.8 Å². The molecule has 0 heterocycles. The van der Waals surface area contributed by atoms with Crippen molar-refractivity contribution in [2.24, 2.45) is 4.99 Å². The van der Waals surface area contributed by atoms with Gasteiger partial charge in [0.15, 0.2) is 5.96 Å². The number of likely N-dealkylation sites (N-methyl/N-ethyl adjacent to an activating group) is 1. The lowest BCUT2D eigenvalue weighted by Crippen LogP contribution is -2.46. The number of guanidine groups is 1. The van der Waals surface area contributed by atoms with Crippen molar-refractivity contribution in [1.29, 1.82) is 0 Å². The van der Waals surface area contributed by atoms with Crippen molar-refractivity contribution in [3.05, 3.63) is 0 Å². The zero-order chi connectivity index (χ0) is 17.8. The molecule has 1 unspecified atom stereocenters. The Balaban J connectivity index is 4.08. The van der Waals surface area contributed by atoms with Crippen LogP contribution in [0.3, 0.4) is 0 Å². The summed E-state index contributed by atoms with van der Waals surface area (Å²) in [5, 5.41) is 6.86. The number of hydrogen-bond acceptors (Lipinski definition) is 3. The van der Waals surface area contributed by atoms with E-state index in [-0.39, 0.29) is 0 Å². The van der Waals surface area contributed by atoms with Crippen LogP contribution in [-0.4, -0.2) is 73.7 Å². The Morgan fingerprint density at radius 3 is 1.96 bits per heavy atom. The van der Waals surface area contributed by atoms with Gasteiger partial charge in [-0.15, -0.1) is 0 Å². The Hall–Kier alpha value is -0.810. The van der Waals surface area contributed by atoms with E-state index < -0.39 is 0 Å². The lowest BCUT2D eigenvalue weighted by Gasteiger charge is -2.30. The second-order valence-electron chi connectivity index (χ2n) is 6.73. The summed E-state index contributed by atoms with van der Waals surface area (Å²) in [7, 11) is 1.84. The maximum absolute atomic E-state index is 4.32. The Kier molecular flexibility index (Phi) is 12.1. The average Bonchev–Trinajstić information content (AvgIpc) is 2.50. The molecule has 5 nitrogen and oxygen atoms in total. The van der Waals surface area contributed by atoms with Gasteiger partial charge in [-0.25, -0.2) is 0 Å². The van der Waals surface area contributed by atoms with E-state index >= 15 is 0 Å². The van der Waals surface area contributed by atoms with Gasteiger partial charge >= 0.3 is 0 Å². The minimum atomic E-state index is 0.515. The van der Waals surface area contributed by atoms with E-state index in [1.165, 1.54) is 0 Å². The highest BCUT2D eigenvalue weighted by atomic mass is 15.2. The molecule has 2 N–H and O–H groups in total. The molecule has 0 aromatic rings. The molecular formula is C18H41N5. The quantitative estimate of drug-likeness (QED) is 0.347. The van der Waals surface area contributed by atoms with E-state index in [0.717, 1.165) is 45.1 Å². The van der Waals surface area contributed by atoms with Crippen LogP contribution >= 0.6 is 0 Å². The molecule has 138 valence electrons. The molecule has 23 heavy (non-hydrogen) atoms. The number of aliphatic imine (C=N–C) groups is 1.